The van der Waals surface area contributed by atoms with Gasteiger partial charge in [-0.1, -0.05) is 49.0 Å². The van der Waals surface area contributed by atoms with Crippen LogP contribution >= 0.6 is 0 Å². The smallest absolute Gasteiger partial charge is 0.245 e. The standard InChI is InChI=1S/C36H37N7O/c1-2-32(44)42-21-7-17-36(25-42)18-22-41(23-19-36)24-26-11-13-28(14-12-26)43-34(29-10-6-20-38-33(29)37)40-31-16-15-30(39-35(31)43)27-8-4-3-5-9-27/h2-6,8-16,20H,1,7,17-19,21-25H2,(H2,37,38). The molecule has 8 nitrogen and oxygen atoms in total. The summed E-state index contributed by atoms with van der Waals surface area (Å²) in [5, 5.41) is 0. The number of carbonyl (C=O) groups is 1. The minimum absolute atomic E-state index is 0.0677. The van der Waals surface area contributed by atoms with Crippen molar-refractivity contribution >= 4 is 22.9 Å². The van der Waals surface area contributed by atoms with Gasteiger partial charge in [-0.25, -0.2) is 15.0 Å². The van der Waals surface area contributed by atoms with E-state index < -0.39 is 0 Å². The second-order valence-electron chi connectivity index (χ2n) is 12.1. The average molecular weight is 584 g/mol. The van der Waals surface area contributed by atoms with Gasteiger partial charge in [0, 0.05) is 37.1 Å². The molecule has 0 bridgehead atoms. The molecule has 5 heterocycles. The predicted molar refractivity (Wildman–Crippen MR) is 175 cm³/mol. The molecule has 8 heteroatoms. The lowest BCUT2D eigenvalue weighted by molar-refractivity contribution is -0.130. The van der Waals surface area contributed by atoms with E-state index in [1.807, 2.05) is 47.4 Å². The number of fused-ring (bicyclic) bond motifs is 1. The number of imidazole rings is 1. The summed E-state index contributed by atoms with van der Waals surface area (Å²) in [7, 11) is 0. The Bertz CT molecular complexity index is 1800. The Morgan fingerprint density at radius 2 is 1.70 bits per heavy atom. The second kappa shape index (κ2) is 11.7. The third kappa shape index (κ3) is 5.37. The molecule has 0 aliphatic carbocycles. The van der Waals surface area contributed by atoms with Gasteiger partial charge in [0.1, 0.15) is 11.3 Å². The van der Waals surface area contributed by atoms with Crippen LogP contribution in [0.15, 0.2) is 97.7 Å². The number of likely N-dealkylation sites (tertiary alicyclic amines) is 2. The summed E-state index contributed by atoms with van der Waals surface area (Å²) in [5.74, 6) is 1.22. The molecule has 1 amide bonds. The maximum atomic E-state index is 12.3. The van der Waals surface area contributed by atoms with E-state index in [-0.39, 0.29) is 11.3 Å². The first-order valence-corrected chi connectivity index (χ1v) is 15.4. The van der Waals surface area contributed by atoms with Crippen LogP contribution in [-0.2, 0) is 11.3 Å². The Hall–Kier alpha value is -4.82. The van der Waals surface area contributed by atoms with Crippen molar-refractivity contribution in [3.63, 3.8) is 0 Å². The number of nitrogens with zero attached hydrogens (tertiary/aromatic N) is 6. The van der Waals surface area contributed by atoms with Crippen LogP contribution in [0.2, 0.25) is 0 Å². The molecule has 2 N–H and O–H groups in total. The summed E-state index contributed by atoms with van der Waals surface area (Å²) in [6.45, 7) is 8.39. The number of nitrogens with two attached hydrogens (primary N) is 1. The van der Waals surface area contributed by atoms with Crippen LogP contribution < -0.4 is 5.73 Å². The number of carbonyl (C=O) groups excluding carboxylic acids is 1. The first-order chi connectivity index (χ1) is 21.5. The van der Waals surface area contributed by atoms with Crippen LogP contribution in [0.5, 0.6) is 0 Å². The molecule has 222 valence electrons. The highest BCUT2D eigenvalue weighted by molar-refractivity contribution is 5.87. The molecule has 2 fully saturated rings. The molecule has 0 radical (unpaired) electrons. The van der Waals surface area contributed by atoms with Gasteiger partial charge in [0.2, 0.25) is 5.91 Å². The molecule has 2 aliphatic heterocycles. The van der Waals surface area contributed by atoms with Crippen LogP contribution in [0.25, 0.3) is 39.5 Å². The molecule has 0 unspecified atom stereocenters. The Balaban J connectivity index is 1.15. The van der Waals surface area contributed by atoms with Gasteiger partial charge in [-0.2, -0.15) is 0 Å². The molecular formula is C36H37N7O. The molecule has 5 aromatic rings. The van der Waals surface area contributed by atoms with E-state index in [9.17, 15) is 4.79 Å². The molecule has 1 spiro atoms. The number of anilines is 1. The topological polar surface area (TPSA) is 93.2 Å². The van der Waals surface area contributed by atoms with Crippen molar-refractivity contribution in [3.05, 3.63) is 103 Å². The van der Waals surface area contributed by atoms with E-state index in [1.54, 1.807) is 6.20 Å². The first-order valence-electron chi connectivity index (χ1n) is 15.4. The molecule has 2 aliphatic rings. The van der Waals surface area contributed by atoms with Gasteiger partial charge < -0.3 is 10.6 Å². The number of aromatic nitrogens is 4. The Kier molecular flexibility index (Phi) is 7.44. The molecule has 7 rings (SSSR count). The quantitative estimate of drug-likeness (QED) is 0.242. The van der Waals surface area contributed by atoms with Crippen molar-refractivity contribution in [2.24, 2.45) is 5.41 Å². The van der Waals surface area contributed by atoms with E-state index in [0.717, 1.165) is 85.7 Å². The zero-order chi connectivity index (χ0) is 30.1. The summed E-state index contributed by atoms with van der Waals surface area (Å²) in [5.41, 5.74) is 13.1. The normalized spacial score (nSPS) is 16.8. The number of hydrogen-bond acceptors (Lipinski definition) is 6. The van der Waals surface area contributed by atoms with E-state index in [0.29, 0.717) is 11.6 Å². The maximum absolute atomic E-state index is 12.3. The van der Waals surface area contributed by atoms with Gasteiger partial charge >= 0.3 is 0 Å². The van der Waals surface area contributed by atoms with Gasteiger partial charge in [-0.15, -0.1) is 0 Å². The Morgan fingerprint density at radius 1 is 0.909 bits per heavy atom. The third-order valence-electron chi connectivity index (χ3n) is 9.32. The highest BCUT2D eigenvalue weighted by Crippen LogP contribution is 2.40. The van der Waals surface area contributed by atoms with Gasteiger partial charge in [0.05, 0.1) is 11.3 Å². The fourth-order valence-electron chi connectivity index (χ4n) is 6.89. The van der Waals surface area contributed by atoms with Crippen molar-refractivity contribution in [1.29, 1.82) is 0 Å². The molecule has 44 heavy (non-hydrogen) atoms. The number of piperidine rings is 2. The van der Waals surface area contributed by atoms with Crippen LogP contribution in [0.3, 0.4) is 0 Å². The number of rotatable bonds is 6. The lowest BCUT2D eigenvalue weighted by Crippen LogP contribution is -2.50. The number of nitrogen functional groups attached to an aromatic ring is 1. The summed E-state index contributed by atoms with van der Waals surface area (Å²) in [6.07, 6.45) is 7.69. The third-order valence-corrected chi connectivity index (χ3v) is 9.32. The van der Waals surface area contributed by atoms with Crippen molar-refractivity contribution in [2.45, 2.75) is 32.2 Å². The lowest BCUT2D eigenvalue weighted by atomic mass is 9.72. The molecular weight excluding hydrogens is 546 g/mol. The number of amides is 1. The Morgan fingerprint density at radius 3 is 2.45 bits per heavy atom. The molecule has 0 atom stereocenters. The minimum atomic E-state index is 0.0677. The predicted octanol–water partition coefficient (Wildman–Crippen LogP) is 6.12. The van der Waals surface area contributed by atoms with Crippen LogP contribution in [0.4, 0.5) is 5.82 Å². The highest BCUT2D eigenvalue weighted by atomic mass is 16.2. The number of benzene rings is 2. The zero-order valence-electron chi connectivity index (χ0n) is 24.9. The Labute approximate surface area is 257 Å². The van der Waals surface area contributed by atoms with E-state index in [2.05, 4.69) is 57.4 Å². The SMILES string of the molecule is C=CC(=O)N1CCCC2(CCN(Cc3ccc(-n4c(-c5cccnc5N)nc5ccc(-c6ccccc6)nc54)cc3)CC2)C1. The van der Waals surface area contributed by atoms with Crippen molar-refractivity contribution in [3.8, 4) is 28.3 Å². The maximum Gasteiger partial charge on any atom is 0.245 e. The highest BCUT2D eigenvalue weighted by Gasteiger charge is 2.39. The fraction of sp³-hybridized carbons (Fsp3) is 0.278. The first kappa shape index (κ1) is 28.0. The van der Waals surface area contributed by atoms with Gasteiger partial charge in [0.15, 0.2) is 11.5 Å². The largest absolute Gasteiger partial charge is 0.383 e. The number of pyridine rings is 2. The summed E-state index contributed by atoms with van der Waals surface area (Å²) in [4.78, 5) is 31.2. The summed E-state index contributed by atoms with van der Waals surface area (Å²) < 4.78 is 2.09. The van der Waals surface area contributed by atoms with E-state index in [1.165, 1.54) is 18.1 Å². The van der Waals surface area contributed by atoms with Crippen LogP contribution in [0.1, 0.15) is 31.2 Å². The zero-order valence-corrected chi connectivity index (χ0v) is 24.9. The number of hydrogen-bond donors (Lipinski definition) is 1. The second-order valence-corrected chi connectivity index (χ2v) is 12.1. The average Bonchev–Trinajstić information content (AvgIpc) is 3.45. The lowest BCUT2D eigenvalue weighted by Gasteiger charge is -2.47. The molecule has 2 saturated heterocycles. The van der Waals surface area contributed by atoms with Gasteiger partial charge in [0.25, 0.3) is 0 Å². The monoisotopic (exact) mass is 583 g/mol. The van der Waals surface area contributed by atoms with Crippen LogP contribution in [0, 0.1) is 5.41 Å². The van der Waals surface area contributed by atoms with E-state index >= 15 is 0 Å². The van der Waals surface area contributed by atoms with Crippen LogP contribution in [-0.4, -0.2) is 61.4 Å². The molecule has 3 aromatic heterocycles. The van der Waals surface area contributed by atoms with Gasteiger partial charge in [-0.3, -0.25) is 14.3 Å². The van der Waals surface area contributed by atoms with Gasteiger partial charge in [-0.05, 0) is 92.2 Å². The van der Waals surface area contributed by atoms with Crippen molar-refractivity contribution in [2.75, 3.05) is 31.9 Å². The molecule has 2 aromatic carbocycles. The minimum Gasteiger partial charge on any atom is -0.383 e. The summed E-state index contributed by atoms with van der Waals surface area (Å²) >= 11 is 0. The molecule has 0 saturated carbocycles. The summed E-state index contributed by atoms with van der Waals surface area (Å²) in [6, 6.07) is 26.8. The fourth-order valence-corrected chi connectivity index (χ4v) is 6.89. The van der Waals surface area contributed by atoms with E-state index in [4.69, 9.17) is 15.7 Å². The van der Waals surface area contributed by atoms with Crippen molar-refractivity contribution < 1.29 is 4.79 Å². The van der Waals surface area contributed by atoms with Crippen molar-refractivity contribution in [1.82, 2.24) is 29.3 Å².